The van der Waals surface area contributed by atoms with Crippen molar-refractivity contribution < 1.29 is 13.2 Å². The van der Waals surface area contributed by atoms with Crippen molar-refractivity contribution in [1.82, 2.24) is 4.98 Å². The topological polar surface area (TPSA) is 27.8 Å². The number of aromatic amines is 1. The number of halogens is 3. The molecule has 20 heavy (non-hydrogen) atoms. The summed E-state index contributed by atoms with van der Waals surface area (Å²) in [4.78, 5) is 3.07. The molecule has 1 aromatic heterocycles. The van der Waals surface area contributed by atoms with Gasteiger partial charge in [-0.25, -0.2) is 13.2 Å². The van der Waals surface area contributed by atoms with E-state index in [0.717, 1.165) is 22.5 Å². The molecule has 0 amide bonds. The molecule has 3 aromatic rings. The number of aromatic nitrogens is 1. The molecule has 0 bridgehead atoms. The van der Waals surface area contributed by atoms with Gasteiger partial charge in [-0.15, -0.1) is 0 Å². The van der Waals surface area contributed by atoms with Crippen molar-refractivity contribution in [3.63, 3.8) is 0 Å². The fraction of sp³-hybridized carbons (Fsp3) is 0.0667. The summed E-state index contributed by atoms with van der Waals surface area (Å²) in [7, 11) is 0. The van der Waals surface area contributed by atoms with Gasteiger partial charge in [0.1, 0.15) is 0 Å². The number of rotatable bonds is 3. The summed E-state index contributed by atoms with van der Waals surface area (Å²) in [5.74, 6) is -3.86. The lowest BCUT2D eigenvalue weighted by Crippen LogP contribution is -2.03. The van der Waals surface area contributed by atoms with E-state index in [1.165, 1.54) is 6.07 Å². The average Bonchev–Trinajstić information content (AvgIpc) is 2.91. The third-order valence-electron chi connectivity index (χ3n) is 3.14. The Kier molecular flexibility index (Phi) is 3.10. The van der Waals surface area contributed by atoms with Gasteiger partial charge in [0.15, 0.2) is 17.5 Å². The molecule has 5 heteroatoms. The van der Waals surface area contributed by atoms with Crippen LogP contribution in [0.4, 0.5) is 18.9 Å². The molecule has 0 saturated carbocycles. The minimum Gasteiger partial charge on any atom is -0.379 e. The van der Waals surface area contributed by atoms with Crippen LogP contribution in [0.15, 0.2) is 42.6 Å². The zero-order chi connectivity index (χ0) is 14.1. The average molecular weight is 276 g/mol. The van der Waals surface area contributed by atoms with Crippen LogP contribution < -0.4 is 5.32 Å². The molecule has 0 atom stereocenters. The molecule has 0 radical (unpaired) electrons. The Hall–Kier alpha value is -2.43. The Balaban J connectivity index is 1.80. The number of hydrogen-bond acceptors (Lipinski definition) is 1. The van der Waals surface area contributed by atoms with Crippen LogP contribution in [-0.2, 0) is 6.54 Å². The molecule has 2 aromatic carbocycles. The second-order valence-corrected chi connectivity index (χ2v) is 4.48. The molecular formula is C15H11F3N2. The lowest BCUT2D eigenvalue weighted by molar-refractivity contribution is 0.449. The Morgan fingerprint density at radius 1 is 0.950 bits per heavy atom. The van der Waals surface area contributed by atoms with Gasteiger partial charge in [0, 0.05) is 18.3 Å². The van der Waals surface area contributed by atoms with Crippen LogP contribution in [0.25, 0.3) is 10.9 Å². The first-order valence-corrected chi connectivity index (χ1v) is 6.08. The van der Waals surface area contributed by atoms with E-state index in [1.807, 2.05) is 30.5 Å². The first-order valence-electron chi connectivity index (χ1n) is 6.08. The number of fused-ring (bicyclic) bond motifs is 1. The Morgan fingerprint density at radius 3 is 2.65 bits per heavy atom. The normalized spacial score (nSPS) is 10.9. The first-order chi connectivity index (χ1) is 9.65. The molecular weight excluding hydrogens is 265 g/mol. The summed E-state index contributed by atoms with van der Waals surface area (Å²) < 4.78 is 39.4. The maximum absolute atomic E-state index is 13.5. The van der Waals surface area contributed by atoms with Gasteiger partial charge in [-0.3, -0.25) is 0 Å². The van der Waals surface area contributed by atoms with Crippen LogP contribution in [-0.4, -0.2) is 4.98 Å². The number of H-pyrrole nitrogens is 1. The van der Waals surface area contributed by atoms with Crippen molar-refractivity contribution in [2.45, 2.75) is 6.54 Å². The number of hydrogen-bond donors (Lipinski definition) is 2. The molecule has 102 valence electrons. The van der Waals surface area contributed by atoms with Crippen LogP contribution >= 0.6 is 0 Å². The summed E-state index contributed by atoms with van der Waals surface area (Å²) in [6, 6.07) is 9.77. The van der Waals surface area contributed by atoms with Gasteiger partial charge < -0.3 is 10.3 Å². The molecule has 0 fully saturated rings. The first kappa shape index (κ1) is 12.6. The van der Waals surface area contributed by atoms with Gasteiger partial charge in [-0.2, -0.15) is 0 Å². The predicted octanol–water partition coefficient (Wildman–Crippen LogP) is 4.20. The maximum Gasteiger partial charge on any atom is 0.196 e. The molecule has 3 rings (SSSR count). The summed E-state index contributed by atoms with van der Waals surface area (Å²) in [6.45, 7) is 0.316. The second kappa shape index (κ2) is 4.92. The third-order valence-corrected chi connectivity index (χ3v) is 3.14. The summed E-state index contributed by atoms with van der Waals surface area (Å²) in [6.07, 6.45) is 1.83. The smallest absolute Gasteiger partial charge is 0.196 e. The minimum absolute atomic E-state index is 0.0597. The van der Waals surface area contributed by atoms with E-state index < -0.39 is 17.5 Å². The standard InChI is InChI=1S/C15H11F3N2/c16-11-3-4-12(15(18)14(11)17)20-8-9-1-2-10-5-6-19-13(10)7-9/h1-7,19-20H,8H2. The van der Waals surface area contributed by atoms with Crippen LogP contribution in [0.2, 0.25) is 0 Å². The van der Waals surface area contributed by atoms with E-state index in [2.05, 4.69) is 10.3 Å². The van der Waals surface area contributed by atoms with E-state index in [9.17, 15) is 13.2 Å². The van der Waals surface area contributed by atoms with Gasteiger partial charge in [0.2, 0.25) is 0 Å². The molecule has 1 heterocycles. The van der Waals surface area contributed by atoms with E-state index in [-0.39, 0.29) is 5.69 Å². The molecule has 0 aliphatic rings. The van der Waals surface area contributed by atoms with Gasteiger partial charge >= 0.3 is 0 Å². The van der Waals surface area contributed by atoms with E-state index in [0.29, 0.717) is 6.54 Å². The highest BCUT2D eigenvalue weighted by atomic mass is 19.2. The van der Waals surface area contributed by atoms with Crippen molar-refractivity contribution in [2.24, 2.45) is 0 Å². The van der Waals surface area contributed by atoms with E-state index >= 15 is 0 Å². The highest BCUT2D eigenvalue weighted by molar-refractivity contribution is 5.79. The largest absolute Gasteiger partial charge is 0.379 e. The summed E-state index contributed by atoms with van der Waals surface area (Å²) >= 11 is 0. The molecule has 2 nitrogen and oxygen atoms in total. The van der Waals surface area contributed by atoms with Gasteiger partial charge in [0.05, 0.1) is 5.69 Å². The second-order valence-electron chi connectivity index (χ2n) is 4.48. The molecule has 0 aliphatic carbocycles. The highest BCUT2D eigenvalue weighted by Crippen LogP contribution is 2.21. The van der Waals surface area contributed by atoms with Crippen molar-refractivity contribution in [2.75, 3.05) is 5.32 Å². The van der Waals surface area contributed by atoms with Crippen LogP contribution in [0.3, 0.4) is 0 Å². The van der Waals surface area contributed by atoms with Crippen molar-refractivity contribution in [3.8, 4) is 0 Å². The predicted molar refractivity (Wildman–Crippen MR) is 71.9 cm³/mol. The van der Waals surface area contributed by atoms with Gasteiger partial charge in [0.25, 0.3) is 0 Å². The molecule has 2 N–H and O–H groups in total. The Labute approximate surface area is 113 Å². The fourth-order valence-corrected chi connectivity index (χ4v) is 2.06. The van der Waals surface area contributed by atoms with Gasteiger partial charge in [-0.05, 0) is 35.2 Å². The monoisotopic (exact) mass is 276 g/mol. The summed E-state index contributed by atoms with van der Waals surface area (Å²) in [5.41, 5.74) is 1.81. The minimum atomic E-state index is -1.46. The Morgan fingerprint density at radius 2 is 1.80 bits per heavy atom. The van der Waals surface area contributed by atoms with E-state index in [1.54, 1.807) is 0 Å². The summed E-state index contributed by atoms with van der Waals surface area (Å²) in [5, 5.41) is 3.84. The van der Waals surface area contributed by atoms with Crippen LogP contribution in [0.1, 0.15) is 5.56 Å². The van der Waals surface area contributed by atoms with E-state index in [4.69, 9.17) is 0 Å². The number of benzene rings is 2. The van der Waals surface area contributed by atoms with Crippen molar-refractivity contribution in [1.29, 1.82) is 0 Å². The maximum atomic E-state index is 13.5. The lowest BCUT2D eigenvalue weighted by atomic mass is 10.1. The third kappa shape index (κ3) is 2.22. The zero-order valence-corrected chi connectivity index (χ0v) is 10.4. The van der Waals surface area contributed by atoms with Crippen LogP contribution in [0, 0.1) is 17.5 Å². The molecule has 0 aliphatic heterocycles. The molecule has 0 spiro atoms. The Bertz CT molecular complexity index is 765. The number of nitrogens with one attached hydrogen (secondary N) is 2. The van der Waals surface area contributed by atoms with Crippen LogP contribution in [0.5, 0.6) is 0 Å². The SMILES string of the molecule is Fc1ccc(NCc2ccc3cc[nH]c3c2)c(F)c1F. The fourth-order valence-electron chi connectivity index (χ4n) is 2.06. The number of anilines is 1. The van der Waals surface area contributed by atoms with Crippen molar-refractivity contribution in [3.05, 3.63) is 65.6 Å². The zero-order valence-electron chi connectivity index (χ0n) is 10.4. The highest BCUT2D eigenvalue weighted by Gasteiger charge is 2.12. The van der Waals surface area contributed by atoms with Gasteiger partial charge in [-0.1, -0.05) is 12.1 Å². The van der Waals surface area contributed by atoms with Crippen molar-refractivity contribution >= 4 is 16.6 Å². The molecule has 0 unspecified atom stereocenters. The lowest BCUT2D eigenvalue weighted by Gasteiger charge is -2.08. The quantitative estimate of drug-likeness (QED) is 0.689. The molecule has 0 saturated heterocycles.